The van der Waals surface area contributed by atoms with Crippen LogP contribution in [-0.4, -0.2) is 63.0 Å². The monoisotopic (exact) mass is 419 g/mol. The average molecular weight is 420 g/mol. The third kappa shape index (κ3) is 4.57. The van der Waals surface area contributed by atoms with Gasteiger partial charge in [0, 0.05) is 42.3 Å². The van der Waals surface area contributed by atoms with Crippen molar-refractivity contribution in [3.8, 4) is 0 Å². The van der Waals surface area contributed by atoms with Crippen LogP contribution < -0.4 is 5.32 Å². The van der Waals surface area contributed by atoms with Crippen LogP contribution in [0.3, 0.4) is 0 Å². The highest BCUT2D eigenvalue weighted by atomic mass is 32.2. The number of aryl methyl sites for hydroxylation is 1. The van der Waals surface area contributed by atoms with Gasteiger partial charge in [-0.2, -0.15) is 4.31 Å². The van der Waals surface area contributed by atoms with Crippen LogP contribution in [0.1, 0.15) is 15.9 Å². The summed E-state index contributed by atoms with van der Waals surface area (Å²) in [7, 11) is -1.65. The van der Waals surface area contributed by atoms with Crippen molar-refractivity contribution in [2.45, 2.75) is 16.7 Å². The molecule has 1 N–H and O–H groups in total. The van der Waals surface area contributed by atoms with Crippen molar-refractivity contribution in [1.82, 2.24) is 9.21 Å². The highest BCUT2D eigenvalue weighted by molar-refractivity contribution is 7.98. The van der Waals surface area contributed by atoms with E-state index in [1.165, 1.54) is 10.4 Å². The van der Waals surface area contributed by atoms with Crippen molar-refractivity contribution in [3.05, 3.63) is 53.6 Å². The van der Waals surface area contributed by atoms with Crippen molar-refractivity contribution in [2.75, 3.05) is 44.8 Å². The first-order valence-electron chi connectivity index (χ1n) is 9.06. The van der Waals surface area contributed by atoms with Gasteiger partial charge < -0.3 is 10.2 Å². The number of hydrogen-bond donors (Lipinski definition) is 1. The predicted octanol–water partition coefficient (Wildman–Crippen LogP) is 2.91. The minimum absolute atomic E-state index is 0.197. The fourth-order valence-electron chi connectivity index (χ4n) is 3.09. The van der Waals surface area contributed by atoms with Crippen LogP contribution in [0.4, 0.5) is 5.69 Å². The highest BCUT2D eigenvalue weighted by Crippen LogP contribution is 2.24. The molecule has 2 aromatic rings. The minimum atomic E-state index is -3.63. The van der Waals surface area contributed by atoms with Gasteiger partial charge in [0.2, 0.25) is 10.0 Å². The van der Waals surface area contributed by atoms with Gasteiger partial charge in [-0.05, 0) is 56.1 Å². The molecule has 150 valence electrons. The first-order chi connectivity index (χ1) is 13.3. The van der Waals surface area contributed by atoms with E-state index in [0.29, 0.717) is 43.0 Å². The Morgan fingerprint density at radius 1 is 1.07 bits per heavy atom. The molecule has 0 aromatic heterocycles. The van der Waals surface area contributed by atoms with E-state index in [-0.39, 0.29) is 10.8 Å². The van der Waals surface area contributed by atoms with Crippen LogP contribution in [0.5, 0.6) is 0 Å². The maximum absolute atomic E-state index is 13.1. The van der Waals surface area contributed by atoms with Gasteiger partial charge in [-0.1, -0.05) is 12.1 Å². The SMILES string of the molecule is CSc1cccc(NC(=O)c2ccc(C)c(S(=O)(=O)N3CCN(C)CC3)c2)c1. The lowest BCUT2D eigenvalue weighted by Gasteiger charge is -2.32. The first-order valence-corrected chi connectivity index (χ1v) is 11.7. The molecule has 1 aliphatic rings. The number of thioether (sulfide) groups is 1. The average Bonchev–Trinajstić information content (AvgIpc) is 2.68. The fourth-order valence-corrected chi connectivity index (χ4v) is 5.22. The van der Waals surface area contributed by atoms with E-state index in [1.807, 2.05) is 37.6 Å². The number of rotatable bonds is 5. The van der Waals surface area contributed by atoms with Crippen molar-refractivity contribution in [1.29, 1.82) is 0 Å². The molecule has 1 aliphatic heterocycles. The second-order valence-electron chi connectivity index (χ2n) is 6.87. The van der Waals surface area contributed by atoms with Crippen molar-refractivity contribution in [3.63, 3.8) is 0 Å². The molecule has 28 heavy (non-hydrogen) atoms. The topological polar surface area (TPSA) is 69.7 Å². The molecule has 1 amide bonds. The summed E-state index contributed by atoms with van der Waals surface area (Å²) in [6, 6.07) is 12.4. The zero-order valence-electron chi connectivity index (χ0n) is 16.3. The molecule has 0 spiro atoms. The van der Waals surface area contributed by atoms with Gasteiger partial charge >= 0.3 is 0 Å². The van der Waals surface area contributed by atoms with Gasteiger partial charge in [-0.15, -0.1) is 11.8 Å². The van der Waals surface area contributed by atoms with Gasteiger partial charge in [0.15, 0.2) is 0 Å². The summed E-state index contributed by atoms with van der Waals surface area (Å²) in [5.74, 6) is -0.326. The van der Waals surface area contributed by atoms with Crippen LogP contribution in [0.2, 0.25) is 0 Å². The summed E-state index contributed by atoms with van der Waals surface area (Å²) in [5.41, 5.74) is 1.65. The molecule has 0 bridgehead atoms. The maximum Gasteiger partial charge on any atom is 0.255 e. The third-order valence-electron chi connectivity index (χ3n) is 4.86. The zero-order valence-corrected chi connectivity index (χ0v) is 17.9. The van der Waals surface area contributed by atoms with Gasteiger partial charge in [0.05, 0.1) is 4.90 Å². The number of nitrogens with zero attached hydrogens (tertiary/aromatic N) is 2. The summed E-state index contributed by atoms with van der Waals surface area (Å²) in [6.07, 6.45) is 1.97. The summed E-state index contributed by atoms with van der Waals surface area (Å²) in [4.78, 5) is 16.0. The second-order valence-corrected chi connectivity index (χ2v) is 9.66. The Labute approximate surface area is 171 Å². The number of likely N-dealkylation sites (N-methyl/N-ethyl adjacent to an activating group) is 1. The number of anilines is 1. The van der Waals surface area contributed by atoms with Gasteiger partial charge in [-0.3, -0.25) is 4.79 Å². The Morgan fingerprint density at radius 2 is 1.79 bits per heavy atom. The summed E-state index contributed by atoms with van der Waals surface area (Å²) in [5, 5.41) is 2.85. The third-order valence-corrected chi connectivity index (χ3v) is 7.62. The number of carbonyl (C=O) groups is 1. The number of sulfonamides is 1. The smallest absolute Gasteiger partial charge is 0.255 e. The molecule has 6 nitrogen and oxygen atoms in total. The van der Waals surface area contributed by atoms with Crippen molar-refractivity contribution >= 4 is 33.4 Å². The van der Waals surface area contributed by atoms with E-state index >= 15 is 0 Å². The van der Waals surface area contributed by atoms with Crippen LogP contribution in [-0.2, 0) is 10.0 Å². The van der Waals surface area contributed by atoms with Crippen molar-refractivity contribution in [2.24, 2.45) is 0 Å². The molecule has 0 saturated carbocycles. The largest absolute Gasteiger partial charge is 0.322 e. The van der Waals surface area contributed by atoms with E-state index < -0.39 is 10.0 Å². The predicted molar refractivity (Wildman–Crippen MR) is 114 cm³/mol. The Balaban J connectivity index is 1.85. The molecule has 1 saturated heterocycles. The number of carbonyl (C=O) groups excluding carboxylic acids is 1. The Morgan fingerprint density at radius 3 is 2.46 bits per heavy atom. The number of benzene rings is 2. The van der Waals surface area contributed by atoms with E-state index in [2.05, 4.69) is 10.2 Å². The van der Waals surface area contributed by atoms with E-state index in [4.69, 9.17) is 0 Å². The molecular weight excluding hydrogens is 394 g/mol. The second kappa shape index (κ2) is 8.65. The van der Waals surface area contributed by atoms with Crippen LogP contribution in [0, 0.1) is 6.92 Å². The molecule has 2 aromatic carbocycles. The molecular formula is C20H25N3O3S2. The van der Waals surface area contributed by atoms with E-state index in [9.17, 15) is 13.2 Å². The summed E-state index contributed by atoms with van der Waals surface area (Å²) in [6.45, 7) is 4.06. The number of nitrogens with one attached hydrogen (secondary N) is 1. The molecule has 1 heterocycles. The van der Waals surface area contributed by atoms with E-state index in [0.717, 1.165) is 4.90 Å². The van der Waals surface area contributed by atoms with Crippen LogP contribution >= 0.6 is 11.8 Å². The Kier molecular flexibility index (Phi) is 6.44. The molecule has 1 fully saturated rings. The van der Waals surface area contributed by atoms with Gasteiger partial charge in [0.25, 0.3) is 5.91 Å². The van der Waals surface area contributed by atoms with Gasteiger partial charge in [0.1, 0.15) is 0 Å². The number of piperazine rings is 1. The molecule has 0 aliphatic carbocycles. The van der Waals surface area contributed by atoms with Gasteiger partial charge in [-0.25, -0.2) is 8.42 Å². The van der Waals surface area contributed by atoms with E-state index in [1.54, 1.807) is 30.8 Å². The Bertz CT molecular complexity index is 968. The number of hydrogen-bond acceptors (Lipinski definition) is 5. The lowest BCUT2D eigenvalue weighted by molar-refractivity contribution is 0.102. The zero-order chi connectivity index (χ0) is 20.3. The fraction of sp³-hybridized carbons (Fsp3) is 0.350. The van der Waals surface area contributed by atoms with Crippen molar-refractivity contribution < 1.29 is 13.2 Å². The van der Waals surface area contributed by atoms with Crippen LogP contribution in [0.15, 0.2) is 52.3 Å². The standard InChI is InChI=1S/C20H25N3O3S2/c1-15-7-8-16(20(24)21-17-5-4-6-18(14-17)27-3)13-19(15)28(25,26)23-11-9-22(2)10-12-23/h4-8,13-14H,9-12H2,1-3H3,(H,21,24). The molecule has 0 unspecified atom stereocenters. The molecule has 0 atom stereocenters. The molecule has 3 rings (SSSR count). The summed E-state index contributed by atoms with van der Waals surface area (Å²) >= 11 is 1.59. The number of amides is 1. The maximum atomic E-state index is 13.1. The first kappa shape index (κ1) is 20.9. The lowest BCUT2D eigenvalue weighted by Crippen LogP contribution is -2.47. The highest BCUT2D eigenvalue weighted by Gasteiger charge is 2.29. The quantitative estimate of drug-likeness (QED) is 0.755. The van der Waals surface area contributed by atoms with Crippen LogP contribution in [0.25, 0.3) is 0 Å². The summed E-state index contributed by atoms with van der Waals surface area (Å²) < 4.78 is 27.7. The Hall–Kier alpha value is -1.87. The molecule has 0 radical (unpaired) electrons. The minimum Gasteiger partial charge on any atom is -0.322 e. The normalized spacial score (nSPS) is 16.1. The lowest BCUT2D eigenvalue weighted by atomic mass is 10.1. The molecule has 8 heteroatoms.